The number of aliphatic carboxylic acids is 1. The molecule has 0 spiro atoms. The molecular formula is C5H6NO4. The lowest BCUT2D eigenvalue weighted by molar-refractivity contribution is -0.139. The summed E-state index contributed by atoms with van der Waals surface area (Å²) in [5, 5.41) is 8.08. The third-order valence-corrected chi connectivity index (χ3v) is 0.864. The lowest BCUT2D eigenvalue weighted by atomic mass is 10.1. The molecule has 0 heterocycles. The molecule has 5 nitrogen and oxygen atoms in total. The van der Waals surface area contributed by atoms with E-state index in [1.54, 1.807) is 0 Å². The molecule has 0 bridgehead atoms. The summed E-state index contributed by atoms with van der Waals surface area (Å²) >= 11 is 0. The van der Waals surface area contributed by atoms with Crippen LogP contribution in [0.2, 0.25) is 0 Å². The molecule has 0 fully saturated rings. The SMILES string of the molecule is NC(=O)C([C]=O)CC(=O)O. The molecule has 5 heteroatoms. The van der Waals surface area contributed by atoms with Gasteiger partial charge in [0, 0.05) is 0 Å². The fourth-order valence-corrected chi connectivity index (χ4v) is 0.375. The highest BCUT2D eigenvalue weighted by Gasteiger charge is 2.18. The molecule has 1 unspecified atom stereocenters. The Bertz CT molecular complexity index is 165. The highest BCUT2D eigenvalue weighted by Crippen LogP contribution is 1.96. The van der Waals surface area contributed by atoms with Gasteiger partial charge in [-0.3, -0.25) is 14.4 Å². The van der Waals surface area contributed by atoms with E-state index in [0.717, 1.165) is 0 Å². The Morgan fingerprint density at radius 1 is 1.60 bits per heavy atom. The summed E-state index contributed by atoms with van der Waals surface area (Å²) in [4.78, 5) is 29.8. The molecule has 1 amide bonds. The molecule has 0 saturated carbocycles. The van der Waals surface area contributed by atoms with Crippen molar-refractivity contribution in [1.29, 1.82) is 0 Å². The summed E-state index contributed by atoms with van der Waals surface area (Å²) < 4.78 is 0. The Labute approximate surface area is 56.8 Å². The number of carbonyl (C=O) groups is 2. The Balaban J connectivity index is 3.96. The highest BCUT2D eigenvalue weighted by molar-refractivity contribution is 5.94. The van der Waals surface area contributed by atoms with Crippen molar-refractivity contribution in [2.24, 2.45) is 11.7 Å². The number of rotatable bonds is 4. The fourth-order valence-electron chi connectivity index (χ4n) is 0.375. The van der Waals surface area contributed by atoms with Crippen LogP contribution >= 0.6 is 0 Å². The maximum atomic E-state index is 10.2. The molecule has 0 aromatic carbocycles. The average Bonchev–Trinajstić information content (AvgIpc) is 1.81. The van der Waals surface area contributed by atoms with E-state index in [-0.39, 0.29) is 0 Å². The van der Waals surface area contributed by atoms with E-state index < -0.39 is 24.2 Å². The van der Waals surface area contributed by atoms with Gasteiger partial charge < -0.3 is 10.8 Å². The van der Waals surface area contributed by atoms with Crippen LogP contribution in [0.15, 0.2) is 0 Å². The molecule has 10 heavy (non-hydrogen) atoms. The topological polar surface area (TPSA) is 97.5 Å². The van der Waals surface area contributed by atoms with Crippen molar-refractivity contribution in [1.82, 2.24) is 0 Å². The minimum Gasteiger partial charge on any atom is -0.481 e. The van der Waals surface area contributed by atoms with Crippen molar-refractivity contribution in [2.45, 2.75) is 6.42 Å². The van der Waals surface area contributed by atoms with Gasteiger partial charge in [-0.1, -0.05) is 0 Å². The van der Waals surface area contributed by atoms with E-state index in [4.69, 9.17) is 5.11 Å². The fraction of sp³-hybridized carbons (Fsp3) is 0.400. The zero-order valence-electron chi connectivity index (χ0n) is 5.03. The van der Waals surface area contributed by atoms with Crippen LogP contribution in [0, 0.1) is 5.92 Å². The Kier molecular flexibility index (Phi) is 3.10. The van der Waals surface area contributed by atoms with Crippen LogP contribution in [0.3, 0.4) is 0 Å². The molecule has 3 N–H and O–H groups in total. The van der Waals surface area contributed by atoms with Crippen molar-refractivity contribution in [3.63, 3.8) is 0 Å². The van der Waals surface area contributed by atoms with Gasteiger partial charge in [0.1, 0.15) is 5.92 Å². The third kappa shape index (κ3) is 2.81. The minimum atomic E-state index is -1.32. The first-order valence-corrected chi connectivity index (χ1v) is 2.46. The summed E-state index contributed by atoms with van der Waals surface area (Å²) in [6.45, 7) is 0. The van der Waals surface area contributed by atoms with Crippen LogP contribution in [-0.2, 0) is 14.4 Å². The minimum absolute atomic E-state index is 0.584. The first-order valence-electron chi connectivity index (χ1n) is 2.46. The largest absolute Gasteiger partial charge is 0.481 e. The van der Waals surface area contributed by atoms with Gasteiger partial charge in [0.2, 0.25) is 12.2 Å². The lowest BCUT2D eigenvalue weighted by Gasteiger charge is -1.97. The zero-order chi connectivity index (χ0) is 8.15. The smallest absolute Gasteiger partial charge is 0.304 e. The van der Waals surface area contributed by atoms with Crippen LogP contribution in [0.5, 0.6) is 0 Å². The Morgan fingerprint density at radius 3 is 2.20 bits per heavy atom. The number of hydrogen-bond acceptors (Lipinski definition) is 3. The zero-order valence-corrected chi connectivity index (χ0v) is 5.03. The number of primary amides is 1. The molecule has 0 aliphatic carbocycles. The van der Waals surface area contributed by atoms with E-state index in [1.807, 2.05) is 0 Å². The van der Waals surface area contributed by atoms with Gasteiger partial charge in [0.15, 0.2) is 0 Å². The first-order chi connectivity index (χ1) is 4.57. The predicted molar refractivity (Wildman–Crippen MR) is 30.6 cm³/mol. The van der Waals surface area contributed by atoms with Crippen molar-refractivity contribution >= 4 is 18.2 Å². The number of nitrogens with two attached hydrogens (primary N) is 1. The summed E-state index contributed by atoms with van der Waals surface area (Å²) in [6, 6.07) is 0. The second kappa shape index (κ2) is 3.60. The first kappa shape index (κ1) is 8.61. The average molecular weight is 144 g/mol. The lowest BCUT2D eigenvalue weighted by Crippen LogP contribution is -2.26. The van der Waals surface area contributed by atoms with Crippen molar-refractivity contribution < 1.29 is 19.5 Å². The predicted octanol–water partition coefficient (Wildman–Crippen LogP) is -1.33. The Hall–Kier alpha value is -1.39. The monoisotopic (exact) mass is 144 g/mol. The number of hydrogen-bond donors (Lipinski definition) is 2. The summed E-state index contributed by atoms with van der Waals surface area (Å²) in [6.07, 6.45) is 0.643. The maximum absolute atomic E-state index is 10.2. The van der Waals surface area contributed by atoms with E-state index in [9.17, 15) is 14.4 Å². The molecule has 0 aromatic heterocycles. The molecule has 0 saturated heterocycles. The second-order valence-corrected chi connectivity index (χ2v) is 1.67. The summed E-state index contributed by atoms with van der Waals surface area (Å²) in [5.74, 6) is -3.53. The molecule has 1 radical (unpaired) electrons. The van der Waals surface area contributed by atoms with E-state index in [0.29, 0.717) is 0 Å². The van der Waals surface area contributed by atoms with Gasteiger partial charge in [0.25, 0.3) is 0 Å². The van der Waals surface area contributed by atoms with Gasteiger partial charge in [-0.05, 0) is 0 Å². The molecular weight excluding hydrogens is 138 g/mol. The van der Waals surface area contributed by atoms with Crippen LogP contribution in [0.1, 0.15) is 6.42 Å². The van der Waals surface area contributed by atoms with E-state index in [2.05, 4.69) is 5.73 Å². The Morgan fingerprint density at radius 2 is 2.10 bits per heavy atom. The third-order valence-electron chi connectivity index (χ3n) is 0.864. The van der Waals surface area contributed by atoms with Crippen LogP contribution in [0.4, 0.5) is 0 Å². The van der Waals surface area contributed by atoms with Crippen molar-refractivity contribution in [2.75, 3.05) is 0 Å². The van der Waals surface area contributed by atoms with Gasteiger partial charge in [-0.15, -0.1) is 0 Å². The molecule has 55 valence electrons. The van der Waals surface area contributed by atoms with Crippen molar-refractivity contribution in [3.8, 4) is 0 Å². The standard InChI is InChI=1S/C5H6NO4/c6-5(10)3(2-7)1-4(8)9/h3H,1H2,(H2,6,10)(H,8,9). The normalized spacial score (nSPS) is 12.0. The van der Waals surface area contributed by atoms with Crippen LogP contribution in [-0.4, -0.2) is 23.3 Å². The molecule has 0 aliphatic heterocycles. The van der Waals surface area contributed by atoms with Gasteiger partial charge in [0.05, 0.1) is 6.42 Å². The molecule has 0 aliphatic rings. The number of amides is 1. The summed E-state index contributed by atoms with van der Waals surface area (Å²) in [7, 11) is 0. The van der Waals surface area contributed by atoms with Crippen molar-refractivity contribution in [3.05, 3.63) is 0 Å². The molecule has 0 rings (SSSR count). The number of carbonyl (C=O) groups excluding carboxylic acids is 2. The highest BCUT2D eigenvalue weighted by atomic mass is 16.4. The number of carboxylic acid groups (broad SMARTS) is 1. The quantitative estimate of drug-likeness (QED) is 0.478. The van der Waals surface area contributed by atoms with Crippen LogP contribution < -0.4 is 5.73 Å². The summed E-state index contributed by atoms with van der Waals surface area (Å²) in [5.41, 5.74) is 4.63. The maximum Gasteiger partial charge on any atom is 0.304 e. The second-order valence-electron chi connectivity index (χ2n) is 1.67. The van der Waals surface area contributed by atoms with Gasteiger partial charge in [-0.2, -0.15) is 0 Å². The van der Waals surface area contributed by atoms with Crippen LogP contribution in [0.25, 0.3) is 0 Å². The van der Waals surface area contributed by atoms with Gasteiger partial charge >= 0.3 is 5.97 Å². The number of carboxylic acids is 1. The molecule has 0 aromatic rings. The van der Waals surface area contributed by atoms with E-state index in [1.165, 1.54) is 6.29 Å². The molecule has 1 atom stereocenters. The van der Waals surface area contributed by atoms with E-state index >= 15 is 0 Å². The van der Waals surface area contributed by atoms with Gasteiger partial charge in [-0.25, -0.2) is 0 Å².